The van der Waals surface area contributed by atoms with Crippen LogP contribution in [-0.4, -0.2) is 9.55 Å². The summed E-state index contributed by atoms with van der Waals surface area (Å²) in [5.74, 6) is 0. The monoisotopic (exact) mass is 714 g/mol. The van der Waals surface area contributed by atoms with Crippen LogP contribution in [-0.2, 0) is 12.0 Å². The third kappa shape index (κ3) is 7.43. The maximum atomic E-state index is 12.7. The highest BCUT2D eigenvalue weighted by Gasteiger charge is 2.45. The van der Waals surface area contributed by atoms with E-state index in [9.17, 15) is 15.3 Å². The first-order valence-corrected chi connectivity index (χ1v) is 20.7. The van der Waals surface area contributed by atoms with Crippen molar-refractivity contribution >= 4 is 45.2 Å². The molecule has 5 nitrogen and oxygen atoms in total. The first-order chi connectivity index (χ1) is 25.0. The molecule has 7 heteroatoms. The minimum atomic E-state index is -0.279. The smallest absolute Gasteiger partial charge is 0.266 e. The number of nitrogens with zero attached hydrogens (tertiary/aromatic N) is 3. The normalized spacial score (nSPS) is 13.3. The van der Waals surface area contributed by atoms with Crippen LogP contribution < -0.4 is 14.8 Å². The fourth-order valence-corrected chi connectivity index (χ4v) is 10.1. The van der Waals surface area contributed by atoms with Crippen molar-refractivity contribution in [2.24, 2.45) is 0 Å². The number of rotatable bonds is 17. The van der Waals surface area contributed by atoms with Gasteiger partial charge in [-0.15, -0.1) is 22.7 Å². The van der Waals surface area contributed by atoms with Crippen LogP contribution in [0.3, 0.4) is 0 Å². The van der Waals surface area contributed by atoms with Gasteiger partial charge in [-0.05, 0) is 66.3 Å². The Morgan fingerprint density at radius 3 is 2.20 bits per heavy atom. The highest BCUT2D eigenvalue weighted by Crippen LogP contribution is 2.58. The fourth-order valence-electron chi connectivity index (χ4n) is 8.19. The third-order valence-corrected chi connectivity index (χ3v) is 12.8. The Labute approximate surface area is 310 Å². The van der Waals surface area contributed by atoms with Gasteiger partial charge in [0.1, 0.15) is 16.8 Å². The molecule has 0 aliphatic heterocycles. The van der Waals surface area contributed by atoms with Gasteiger partial charge in [0.05, 0.1) is 10.2 Å². The van der Waals surface area contributed by atoms with E-state index in [-0.39, 0.29) is 16.5 Å². The minimum absolute atomic E-state index is 0.00790. The van der Waals surface area contributed by atoms with E-state index < -0.39 is 0 Å². The summed E-state index contributed by atoms with van der Waals surface area (Å²) in [6.45, 7) is 7.93. The molecular formula is C44H50N4OS2. The van der Waals surface area contributed by atoms with Crippen LogP contribution in [0.2, 0.25) is 0 Å². The lowest BCUT2D eigenvalue weighted by Gasteiger charge is -2.33. The number of nitrogens with one attached hydrogen (secondary N) is 1. The number of hydrogen-bond acceptors (Lipinski definition) is 5. The van der Waals surface area contributed by atoms with Crippen molar-refractivity contribution in [1.29, 1.82) is 10.5 Å². The number of fused-ring (bicyclic) bond motifs is 5. The lowest BCUT2D eigenvalue weighted by Crippen LogP contribution is -2.25. The van der Waals surface area contributed by atoms with Crippen molar-refractivity contribution in [2.75, 3.05) is 0 Å². The van der Waals surface area contributed by atoms with Gasteiger partial charge in [-0.1, -0.05) is 122 Å². The maximum Gasteiger partial charge on any atom is 0.266 e. The number of aromatic nitrogens is 2. The molecular weight excluding hydrogens is 665 g/mol. The molecule has 0 spiro atoms. The van der Waals surface area contributed by atoms with E-state index in [2.05, 4.69) is 84.9 Å². The molecule has 0 saturated carbocycles. The first kappa shape index (κ1) is 36.6. The summed E-state index contributed by atoms with van der Waals surface area (Å²) < 4.78 is 3.47. The van der Waals surface area contributed by atoms with Gasteiger partial charge < -0.3 is 9.55 Å². The van der Waals surface area contributed by atoms with E-state index in [4.69, 9.17) is 0 Å². The number of thiazole rings is 1. The lowest BCUT2D eigenvalue weighted by molar-refractivity contribution is 0.403. The van der Waals surface area contributed by atoms with Crippen molar-refractivity contribution in [3.63, 3.8) is 0 Å². The molecule has 6 rings (SSSR count). The Bertz CT molecular complexity index is 2220. The van der Waals surface area contributed by atoms with Crippen molar-refractivity contribution in [3.8, 4) is 33.8 Å². The number of H-pyrrole nitrogens is 1. The molecule has 264 valence electrons. The zero-order valence-corrected chi connectivity index (χ0v) is 32.1. The molecule has 0 bridgehead atoms. The Kier molecular flexibility index (Phi) is 12.1. The zero-order chi connectivity index (χ0) is 35.8. The molecule has 51 heavy (non-hydrogen) atoms. The van der Waals surface area contributed by atoms with E-state index in [0.717, 1.165) is 27.6 Å². The third-order valence-electron chi connectivity index (χ3n) is 10.7. The lowest BCUT2D eigenvalue weighted by atomic mass is 9.70. The topological polar surface area (TPSA) is 85.4 Å². The number of aromatic amines is 1. The predicted molar refractivity (Wildman–Crippen MR) is 216 cm³/mol. The summed E-state index contributed by atoms with van der Waals surface area (Å²) in [5, 5.41) is 19.9. The quantitative estimate of drug-likeness (QED) is 0.0973. The fraction of sp³-hybridized carbons (Fsp3) is 0.432. The second-order valence-electron chi connectivity index (χ2n) is 14.1. The van der Waals surface area contributed by atoms with Gasteiger partial charge in [0.2, 0.25) is 0 Å². The average Bonchev–Trinajstić information content (AvgIpc) is 3.91. The van der Waals surface area contributed by atoms with Crippen molar-refractivity contribution in [1.82, 2.24) is 9.55 Å². The molecule has 0 atom stereocenters. The minimum Gasteiger partial charge on any atom is -0.340 e. The maximum absolute atomic E-state index is 12.7. The molecule has 1 N–H and O–H groups in total. The highest BCUT2D eigenvalue weighted by atomic mass is 32.1. The molecule has 2 aromatic carbocycles. The standard InChI is InChI=1S/C44H50N4OS2/c1-4-7-10-15-24-44(25-16-11-8-5-2)36-19-14-13-18-34(36)41-40(44)35-27-31(20-22-37(35)48(41)26-17-12-9-6-3)38-23-21-33(50-38)28-39-42(49)47-43(51-39)32(29-45)30-46/h13-14,18-23,27-28H,4-12,15-17,24-26H2,1-3H3,(H,47,49)/b39-28-. The molecule has 0 unspecified atom stereocenters. The Hall–Kier alpha value is -4.17. The van der Waals surface area contributed by atoms with Crippen LogP contribution in [0.1, 0.15) is 127 Å². The Morgan fingerprint density at radius 2 is 1.51 bits per heavy atom. The van der Waals surface area contributed by atoms with Crippen LogP contribution in [0.4, 0.5) is 0 Å². The number of aryl methyl sites for hydroxylation is 1. The zero-order valence-electron chi connectivity index (χ0n) is 30.4. The van der Waals surface area contributed by atoms with Gasteiger partial charge in [0, 0.05) is 38.2 Å². The predicted octanol–water partition coefficient (Wildman–Crippen LogP) is 10.9. The van der Waals surface area contributed by atoms with Crippen molar-refractivity contribution in [3.05, 3.63) is 90.2 Å². The molecule has 0 radical (unpaired) electrons. The molecule has 3 heterocycles. The second-order valence-corrected chi connectivity index (χ2v) is 16.3. The van der Waals surface area contributed by atoms with E-state index in [1.54, 1.807) is 22.5 Å². The van der Waals surface area contributed by atoms with Gasteiger partial charge in [-0.2, -0.15) is 10.5 Å². The first-order valence-electron chi connectivity index (χ1n) is 19.1. The van der Waals surface area contributed by atoms with Gasteiger partial charge in [0.25, 0.3) is 5.56 Å². The summed E-state index contributed by atoms with van der Waals surface area (Å²) in [6, 6.07) is 24.4. The number of hydrogen-bond donors (Lipinski definition) is 1. The SMILES string of the molecule is CCCCCCn1c2c(c3cc(-c4ccc(/C=c5\sc(=C(C#N)C#N)[nH]c5=O)s4)ccc31)C(CCCCCC)(CCCCCC)c1ccccc1-2. The van der Waals surface area contributed by atoms with Crippen LogP contribution in [0.25, 0.3) is 44.3 Å². The van der Waals surface area contributed by atoms with E-state index in [0.29, 0.717) is 9.20 Å². The summed E-state index contributed by atoms with van der Waals surface area (Å²) in [7, 11) is 0. The highest BCUT2D eigenvalue weighted by molar-refractivity contribution is 7.16. The molecule has 1 aliphatic carbocycles. The Balaban J connectivity index is 1.50. The van der Waals surface area contributed by atoms with Gasteiger partial charge >= 0.3 is 0 Å². The summed E-state index contributed by atoms with van der Waals surface area (Å²) in [5.41, 5.74) is 8.21. The van der Waals surface area contributed by atoms with E-state index in [1.165, 1.54) is 118 Å². The van der Waals surface area contributed by atoms with Crippen LogP contribution in [0.15, 0.2) is 59.4 Å². The van der Waals surface area contributed by atoms with Crippen molar-refractivity contribution < 1.29 is 0 Å². The average molecular weight is 715 g/mol. The molecule has 0 saturated heterocycles. The number of nitriles is 2. The number of unbranched alkanes of at least 4 members (excludes halogenated alkanes) is 9. The molecule has 5 aromatic rings. The van der Waals surface area contributed by atoms with Crippen LogP contribution >= 0.6 is 22.7 Å². The Morgan fingerprint density at radius 1 is 0.824 bits per heavy atom. The summed E-state index contributed by atoms with van der Waals surface area (Å²) >= 11 is 2.82. The largest absolute Gasteiger partial charge is 0.340 e. The number of thiophene rings is 1. The van der Waals surface area contributed by atoms with Crippen LogP contribution in [0, 0.1) is 22.7 Å². The molecule has 3 aromatic heterocycles. The van der Waals surface area contributed by atoms with Gasteiger partial charge in [-0.25, -0.2) is 0 Å². The summed E-state index contributed by atoms with van der Waals surface area (Å²) in [4.78, 5) is 17.5. The van der Waals surface area contributed by atoms with E-state index in [1.807, 2.05) is 18.2 Å². The number of benzene rings is 2. The van der Waals surface area contributed by atoms with Gasteiger partial charge in [0.15, 0.2) is 5.57 Å². The summed E-state index contributed by atoms with van der Waals surface area (Å²) in [6.07, 6.45) is 19.3. The molecule has 1 aliphatic rings. The molecule has 0 amide bonds. The molecule has 0 fully saturated rings. The van der Waals surface area contributed by atoms with Gasteiger partial charge in [-0.3, -0.25) is 4.79 Å². The second kappa shape index (κ2) is 16.9. The van der Waals surface area contributed by atoms with E-state index >= 15 is 0 Å². The van der Waals surface area contributed by atoms with Crippen molar-refractivity contribution in [2.45, 2.75) is 123 Å². The van der Waals surface area contributed by atoms with Crippen LogP contribution in [0.5, 0.6) is 0 Å².